The molecule has 276 valence electrons. The molecule has 1 aliphatic heterocycles. The van der Waals surface area contributed by atoms with Gasteiger partial charge in [-0.05, 0) is 108 Å². The van der Waals surface area contributed by atoms with E-state index in [-0.39, 0.29) is 23.6 Å². The smallest absolute Gasteiger partial charge is 0.160 e. The lowest BCUT2D eigenvalue weighted by atomic mass is 9.79. The molecule has 0 fully saturated rings. The Morgan fingerprint density at radius 1 is 0.483 bits per heavy atom. The van der Waals surface area contributed by atoms with E-state index in [0.29, 0.717) is 17.2 Å². The minimum atomic E-state index is -0.320. The highest BCUT2D eigenvalue weighted by molar-refractivity contribution is 6.02. The van der Waals surface area contributed by atoms with E-state index in [2.05, 4.69) is 149 Å². The third-order valence-corrected chi connectivity index (χ3v) is 11.5. The number of para-hydroxylation sites is 4. The van der Waals surface area contributed by atoms with Crippen LogP contribution in [0.3, 0.4) is 0 Å². The number of hydrogen-bond acceptors (Lipinski definition) is 3. The third-order valence-electron chi connectivity index (χ3n) is 11.5. The first kappa shape index (κ1) is 33.9. The van der Waals surface area contributed by atoms with Crippen LogP contribution in [0.5, 0.6) is 0 Å². The van der Waals surface area contributed by atoms with E-state index in [4.69, 9.17) is 9.97 Å². The van der Waals surface area contributed by atoms with Crippen molar-refractivity contribution in [1.29, 1.82) is 0 Å². The van der Waals surface area contributed by atoms with Crippen molar-refractivity contribution in [2.75, 3.05) is 4.90 Å². The molecule has 7 aromatic carbocycles. The van der Waals surface area contributed by atoms with Crippen LogP contribution < -0.4 is 4.90 Å². The Morgan fingerprint density at radius 2 is 1.02 bits per heavy atom. The molecule has 2 atom stereocenters. The predicted octanol–water partition coefficient (Wildman–Crippen LogP) is 13.1. The third kappa shape index (κ3) is 5.56. The molecule has 4 nitrogen and oxygen atoms in total. The van der Waals surface area contributed by atoms with Crippen molar-refractivity contribution in [3.05, 3.63) is 228 Å². The van der Waals surface area contributed by atoms with E-state index in [1.807, 2.05) is 6.07 Å². The average molecular weight is 753 g/mol. The van der Waals surface area contributed by atoms with Gasteiger partial charge in [0.05, 0.1) is 28.6 Å². The molecule has 11 rings (SSSR count). The van der Waals surface area contributed by atoms with Crippen LogP contribution in [0, 0.1) is 11.6 Å². The fourth-order valence-electron chi connectivity index (χ4n) is 8.92. The minimum Gasteiger partial charge on any atom is -0.331 e. The van der Waals surface area contributed by atoms with Gasteiger partial charge in [0.25, 0.3) is 0 Å². The summed E-state index contributed by atoms with van der Waals surface area (Å²) in [6.45, 7) is 0. The first-order valence-electron chi connectivity index (χ1n) is 19.4. The van der Waals surface area contributed by atoms with Crippen molar-refractivity contribution < 1.29 is 8.78 Å². The Morgan fingerprint density at radius 3 is 1.67 bits per heavy atom. The number of halogens is 2. The molecule has 2 aromatic heterocycles. The van der Waals surface area contributed by atoms with E-state index in [1.165, 1.54) is 57.7 Å². The number of benzene rings is 7. The largest absolute Gasteiger partial charge is 0.331 e. The fraction of sp³-hybridized carbons (Fsp3) is 0.0385. The number of anilines is 2. The zero-order chi connectivity index (χ0) is 38.7. The van der Waals surface area contributed by atoms with Crippen molar-refractivity contribution in [2.24, 2.45) is 0 Å². The van der Waals surface area contributed by atoms with Gasteiger partial charge in [-0.1, -0.05) is 103 Å². The van der Waals surface area contributed by atoms with Crippen LogP contribution in [0.4, 0.5) is 20.2 Å². The van der Waals surface area contributed by atoms with Crippen molar-refractivity contribution in [1.82, 2.24) is 14.5 Å². The molecular weight excluding hydrogens is 719 g/mol. The molecule has 2 aliphatic rings. The standard InChI is InChI=1S/C52H34F2N4/c53-37-27-23-34(24-28-37)45-32-46(35-25-29-38(54)30-26-35)56-52(55-45)36-21-19-33(20-22-36)43-31-44-41-15-7-9-17-47(41)57(39-11-3-1-4-12-39)50(44)51-49(43)42-16-8-10-18-48(42)58(51)40-13-5-2-6-14-40/h1-32,44,50H. The number of fused-ring (bicyclic) bond motifs is 7. The van der Waals surface area contributed by atoms with Gasteiger partial charge >= 0.3 is 0 Å². The number of nitrogens with zero attached hydrogens (tertiary/aromatic N) is 4. The van der Waals surface area contributed by atoms with Gasteiger partial charge in [0, 0.05) is 50.6 Å². The molecule has 3 heterocycles. The molecule has 6 heteroatoms. The van der Waals surface area contributed by atoms with E-state index in [0.717, 1.165) is 39.1 Å². The molecular formula is C52H34F2N4. The van der Waals surface area contributed by atoms with Gasteiger partial charge in [0.1, 0.15) is 11.6 Å². The van der Waals surface area contributed by atoms with Crippen LogP contribution in [-0.4, -0.2) is 14.5 Å². The van der Waals surface area contributed by atoms with E-state index in [1.54, 1.807) is 24.3 Å². The lowest BCUT2D eigenvalue weighted by Crippen LogP contribution is -2.27. The summed E-state index contributed by atoms with van der Waals surface area (Å²) >= 11 is 0. The molecule has 0 saturated carbocycles. The first-order valence-corrected chi connectivity index (χ1v) is 19.4. The summed E-state index contributed by atoms with van der Waals surface area (Å²) in [6, 6.07) is 61.9. The van der Waals surface area contributed by atoms with Gasteiger partial charge < -0.3 is 9.47 Å². The topological polar surface area (TPSA) is 34.0 Å². The summed E-state index contributed by atoms with van der Waals surface area (Å²) in [6.07, 6.45) is 2.48. The normalized spacial score (nSPS) is 15.5. The zero-order valence-corrected chi connectivity index (χ0v) is 31.2. The van der Waals surface area contributed by atoms with Crippen LogP contribution in [-0.2, 0) is 0 Å². The minimum absolute atomic E-state index is 0.00193. The van der Waals surface area contributed by atoms with Gasteiger partial charge in [-0.25, -0.2) is 18.7 Å². The van der Waals surface area contributed by atoms with Crippen LogP contribution in [0.15, 0.2) is 194 Å². The average Bonchev–Trinajstić information content (AvgIpc) is 3.81. The molecule has 0 N–H and O–H groups in total. The zero-order valence-electron chi connectivity index (χ0n) is 31.2. The van der Waals surface area contributed by atoms with E-state index >= 15 is 0 Å². The summed E-state index contributed by atoms with van der Waals surface area (Å²) < 4.78 is 30.4. The van der Waals surface area contributed by atoms with E-state index in [9.17, 15) is 8.78 Å². The maximum atomic E-state index is 14.0. The molecule has 0 saturated heterocycles. The molecule has 0 bridgehead atoms. The number of rotatable bonds is 6. The molecule has 0 spiro atoms. The van der Waals surface area contributed by atoms with Crippen molar-refractivity contribution >= 4 is 27.9 Å². The SMILES string of the molecule is Fc1ccc(-c2cc(-c3ccc(F)cc3)nc(-c3ccc(C4=CC5c6ccccc6N(c6ccccc6)C5c5c4c4ccccc4n5-c4ccccc4)cc3)n2)cc1. The highest BCUT2D eigenvalue weighted by Crippen LogP contribution is 2.59. The Kier molecular flexibility index (Phi) is 7.96. The summed E-state index contributed by atoms with van der Waals surface area (Å²) in [4.78, 5) is 12.5. The van der Waals surface area contributed by atoms with Crippen LogP contribution in [0.1, 0.15) is 34.3 Å². The predicted molar refractivity (Wildman–Crippen MR) is 229 cm³/mol. The Hall–Kier alpha value is -7.44. The first-order chi connectivity index (χ1) is 28.6. The van der Waals surface area contributed by atoms with Gasteiger partial charge in [0.15, 0.2) is 5.82 Å². The molecule has 1 aliphatic carbocycles. The fourth-order valence-corrected chi connectivity index (χ4v) is 8.92. The monoisotopic (exact) mass is 752 g/mol. The van der Waals surface area contributed by atoms with Crippen molar-refractivity contribution in [2.45, 2.75) is 12.0 Å². The maximum Gasteiger partial charge on any atom is 0.160 e. The van der Waals surface area contributed by atoms with E-state index < -0.39 is 0 Å². The highest BCUT2D eigenvalue weighted by Gasteiger charge is 2.46. The summed E-state index contributed by atoms with van der Waals surface area (Å²) in [5.74, 6) is -0.0476. The maximum absolute atomic E-state index is 14.0. The molecule has 9 aromatic rings. The second kappa shape index (κ2) is 13.6. The van der Waals surface area contributed by atoms with Gasteiger partial charge in [-0.15, -0.1) is 0 Å². The lowest BCUT2D eigenvalue weighted by molar-refractivity contribution is 0.627. The summed E-state index contributed by atoms with van der Waals surface area (Å²) in [7, 11) is 0. The number of hydrogen-bond donors (Lipinski definition) is 0. The highest BCUT2D eigenvalue weighted by atomic mass is 19.1. The quantitative estimate of drug-likeness (QED) is 0.170. The lowest BCUT2D eigenvalue weighted by Gasteiger charge is -2.35. The summed E-state index contributed by atoms with van der Waals surface area (Å²) in [5.41, 5.74) is 14.3. The van der Waals surface area contributed by atoms with Gasteiger partial charge in [-0.3, -0.25) is 0 Å². The molecule has 2 unspecified atom stereocenters. The van der Waals surface area contributed by atoms with Crippen LogP contribution in [0.2, 0.25) is 0 Å². The molecule has 58 heavy (non-hydrogen) atoms. The Bertz CT molecular complexity index is 2950. The van der Waals surface area contributed by atoms with Crippen LogP contribution in [0.25, 0.3) is 56.1 Å². The van der Waals surface area contributed by atoms with Crippen molar-refractivity contribution in [3.8, 4) is 39.6 Å². The Balaban J connectivity index is 1.10. The second-order valence-electron chi connectivity index (χ2n) is 14.8. The molecule has 0 amide bonds. The second-order valence-corrected chi connectivity index (χ2v) is 14.8. The Labute approximate surface area is 334 Å². The number of aromatic nitrogens is 3. The van der Waals surface area contributed by atoms with Gasteiger partial charge in [0.2, 0.25) is 0 Å². The van der Waals surface area contributed by atoms with Crippen molar-refractivity contribution in [3.63, 3.8) is 0 Å². The van der Waals surface area contributed by atoms with Gasteiger partial charge in [-0.2, -0.15) is 0 Å². The summed E-state index contributed by atoms with van der Waals surface area (Å²) in [5, 5.41) is 1.19. The molecule has 0 radical (unpaired) electrons. The van der Waals surface area contributed by atoms with Crippen LogP contribution >= 0.6 is 0 Å².